The fourth-order valence-corrected chi connectivity index (χ4v) is 10.4. The molecule has 0 radical (unpaired) electrons. The number of benzene rings is 1. The van der Waals surface area contributed by atoms with Crippen LogP contribution in [-0.4, -0.2) is 38.9 Å². The highest BCUT2D eigenvalue weighted by molar-refractivity contribution is 6.06. The van der Waals surface area contributed by atoms with Gasteiger partial charge < -0.3 is 15.3 Å². The van der Waals surface area contributed by atoms with Crippen molar-refractivity contribution in [3.05, 3.63) is 52.6 Å². The maximum atomic E-state index is 13.9. The van der Waals surface area contributed by atoms with Crippen LogP contribution in [0.4, 0.5) is 0 Å². The van der Waals surface area contributed by atoms with E-state index >= 15 is 0 Å². The lowest BCUT2D eigenvalue weighted by atomic mass is 9.38. The second kappa shape index (κ2) is 10.4. The summed E-state index contributed by atoms with van der Waals surface area (Å²) in [6.07, 6.45) is 9.43. The van der Waals surface area contributed by atoms with Crippen LogP contribution < -0.4 is 0 Å². The molecular weight excluding hydrogens is 520 g/mol. The minimum absolute atomic E-state index is 0.0123. The molecule has 9 atom stereocenters. The summed E-state index contributed by atoms with van der Waals surface area (Å²) in [4.78, 5) is 13.9. The third-order valence-corrected chi connectivity index (χ3v) is 13.5. The monoisotopic (exact) mass is 576 g/mol. The van der Waals surface area contributed by atoms with E-state index in [4.69, 9.17) is 0 Å². The fourth-order valence-electron chi connectivity index (χ4n) is 10.4. The van der Waals surface area contributed by atoms with Gasteiger partial charge in [-0.2, -0.15) is 0 Å². The molecule has 0 aromatic heterocycles. The van der Waals surface area contributed by atoms with E-state index in [0.717, 1.165) is 43.2 Å². The van der Waals surface area contributed by atoms with Crippen LogP contribution in [0.1, 0.15) is 111 Å². The smallest absolute Gasteiger partial charge is 0.168 e. The first kappa shape index (κ1) is 31.7. The minimum atomic E-state index is -1.09. The topological polar surface area (TPSA) is 77.8 Å². The summed E-state index contributed by atoms with van der Waals surface area (Å²) in [6, 6.07) is 8.40. The van der Waals surface area contributed by atoms with Gasteiger partial charge in [0.15, 0.2) is 5.78 Å². The summed E-state index contributed by atoms with van der Waals surface area (Å²) in [5.74, 6) is 1.54. The summed E-state index contributed by atoms with van der Waals surface area (Å²) in [5, 5.41) is 33.1. The highest BCUT2D eigenvalue weighted by Crippen LogP contribution is 2.75. The van der Waals surface area contributed by atoms with Crippen LogP contribution in [-0.2, 0) is 4.79 Å². The predicted molar refractivity (Wildman–Crippen MR) is 171 cm³/mol. The molecule has 0 amide bonds. The van der Waals surface area contributed by atoms with Crippen molar-refractivity contribution in [3.8, 4) is 0 Å². The Labute approximate surface area is 254 Å². The number of aryl methyl sites for hydroxylation is 1. The number of carbonyl (C=O) groups excluding carboxylic acids is 1. The van der Waals surface area contributed by atoms with E-state index in [9.17, 15) is 20.1 Å². The molecule has 4 aliphatic carbocycles. The molecule has 3 saturated carbocycles. The van der Waals surface area contributed by atoms with E-state index in [1.165, 1.54) is 11.1 Å². The number of hydrogen-bond acceptors (Lipinski definition) is 4. The van der Waals surface area contributed by atoms with Gasteiger partial charge in [0.2, 0.25) is 0 Å². The molecule has 0 unspecified atom stereocenters. The number of carbonyl (C=O) groups is 1. The molecule has 0 aliphatic heterocycles. The number of rotatable bonds is 6. The number of hydrogen-bond donors (Lipinski definition) is 3. The SMILES string of the molecule is Cc1ccc(/C=C2\C[C@@H]3C(=CC[C@@H]4[C@@]3(C)[C@H](O)C[C@]3(C)[C@@H]([C@H](C)CC[C@@H](O)C(C)(C)O)CC[C@@]43C)C(C)(C)C2=O)cc1. The summed E-state index contributed by atoms with van der Waals surface area (Å²) in [6.45, 7) is 19.2. The number of ketones is 1. The fraction of sp³-hybridized carbons (Fsp3) is 0.711. The van der Waals surface area contributed by atoms with E-state index in [0.29, 0.717) is 30.6 Å². The van der Waals surface area contributed by atoms with Crippen molar-refractivity contribution < 1.29 is 20.1 Å². The van der Waals surface area contributed by atoms with Gasteiger partial charge in [-0.05, 0) is 131 Å². The normalized spacial score (nSPS) is 40.1. The Kier molecular flexibility index (Phi) is 7.85. The number of allylic oxidation sites excluding steroid dienone is 3. The average Bonchev–Trinajstić information content (AvgIpc) is 3.17. The Hall–Kier alpha value is -1.75. The van der Waals surface area contributed by atoms with Crippen LogP contribution in [0.15, 0.2) is 41.5 Å². The summed E-state index contributed by atoms with van der Waals surface area (Å²) >= 11 is 0. The van der Waals surface area contributed by atoms with Gasteiger partial charge in [-0.15, -0.1) is 0 Å². The van der Waals surface area contributed by atoms with Crippen LogP contribution >= 0.6 is 0 Å². The van der Waals surface area contributed by atoms with E-state index in [1.807, 2.05) is 0 Å². The van der Waals surface area contributed by atoms with E-state index < -0.39 is 23.2 Å². The quantitative estimate of drug-likeness (QED) is 0.240. The standard InChI is InChI=1S/C38H56O4/c1-23-10-13-25(14-11-23)20-26-21-29-28(34(3,4)33(26)41)15-16-30-36(7)19-18-27(24(2)12-17-31(39)35(5,6)42)37(36,8)22-32(40)38(29,30)9/h10-11,13-15,20,24,27,29-32,39-40,42H,12,16-19,21-22H2,1-9H3/b26-20+/t24-,27-,29-,30+,31-,32-,36+,37-,38+/m1/s1. The Morgan fingerprint density at radius 1 is 1.05 bits per heavy atom. The van der Waals surface area contributed by atoms with Crippen molar-refractivity contribution in [1.82, 2.24) is 0 Å². The Morgan fingerprint density at radius 2 is 1.69 bits per heavy atom. The summed E-state index contributed by atoms with van der Waals surface area (Å²) in [5.41, 5.74) is 2.48. The van der Waals surface area contributed by atoms with Crippen molar-refractivity contribution in [3.63, 3.8) is 0 Å². The molecule has 0 saturated heterocycles. The molecule has 5 rings (SSSR count). The molecule has 1 aromatic rings. The summed E-state index contributed by atoms with van der Waals surface area (Å²) < 4.78 is 0. The maximum absolute atomic E-state index is 13.9. The van der Waals surface area contributed by atoms with E-state index in [-0.39, 0.29) is 27.9 Å². The first-order valence-corrected chi connectivity index (χ1v) is 16.5. The summed E-state index contributed by atoms with van der Waals surface area (Å²) in [7, 11) is 0. The second-order valence-electron chi connectivity index (χ2n) is 16.5. The average molecular weight is 577 g/mol. The lowest BCUT2D eigenvalue weighted by Crippen LogP contribution is -2.64. The van der Waals surface area contributed by atoms with Crippen molar-refractivity contribution in [2.24, 2.45) is 45.3 Å². The maximum Gasteiger partial charge on any atom is 0.168 e. The third-order valence-electron chi connectivity index (χ3n) is 13.5. The molecule has 0 bridgehead atoms. The van der Waals surface area contributed by atoms with Crippen LogP contribution in [0.3, 0.4) is 0 Å². The Morgan fingerprint density at radius 3 is 2.31 bits per heavy atom. The van der Waals surface area contributed by atoms with Gasteiger partial charge in [0.25, 0.3) is 0 Å². The third kappa shape index (κ3) is 4.70. The highest BCUT2D eigenvalue weighted by atomic mass is 16.3. The van der Waals surface area contributed by atoms with Crippen LogP contribution in [0.2, 0.25) is 0 Å². The largest absolute Gasteiger partial charge is 0.393 e. The zero-order valence-corrected chi connectivity index (χ0v) is 27.6. The van der Waals surface area contributed by atoms with Gasteiger partial charge in [-0.1, -0.05) is 69.2 Å². The molecule has 0 heterocycles. The van der Waals surface area contributed by atoms with Gasteiger partial charge in [0.1, 0.15) is 0 Å². The number of aliphatic hydroxyl groups is 3. The molecule has 4 aliphatic rings. The highest BCUT2D eigenvalue weighted by Gasteiger charge is 2.70. The lowest BCUT2D eigenvalue weighted by molar-refractivity contribution is -0.199. The molecule has 3 N–H and O–H groups in total. The van der Waals surface area contributed by atoms with Gasteiger partial charge in [-0.3, -0.25) is 4.79 Å². The van der Waals surface area contributed by atoms with Gasteiger partial charge in [-0.25, -0.2) is 0 Å². The Balaban J connectivity index is 1.48. The number of Topliss-reactive ketones (excluding diaryl/α,β-unsaturated/α-hetero) is 1. The number of fused-ring (bicyclic) bond motifs is 5. The van der Waals surface area contributed by atoms with Crippen molar-refractivity contribution in [1.29, 1.82) is 0 Å². The van der Waals surface area contributed by atoms with Crippen molar-refractivity contribution in [2.75, 3.05) is 0 Å². The zero-order chi connectivity index (χ0) is 31.0. The van der Waals surface area contributed by atoms with E-state index in [2.05, 4.69) is 84.9 Å². The van der Waals surface area contributed by atoms with Crippen LogP contribution in [0.5, 0.6) is 0 Å². The zero-order valence-electron chi connectivity index (χ0n) is 27.6. The predicted octanol–water partition coefficient (Wildman–Crippen LogP) is 7.68. The minimum Gasteiger partial charge on any atom is -0.393 e. The first-order valence-electron chi connectivity index (χ1n) is 16.5. The molecule has 3 fully saturated rings. The van der Waals surface area contributed by atoms with E-state index in [1.54, 1.807) is 13.8 Å². The molecule has 4 heteroatoms. The van der Waals surface area contributed by atoms with Gasteiger partial charge >= 0.3 is 0 Å². The second-order valence-corrected chi connectivity index (χ2v) is 16.5. The molecule has 42 heavy (non-hydrogen) atoms. The number of aliphatic hydroxyl groups excluding tert-OH is 2. The van der Waals surface area contributed by atoms with Gasteiger partial charge in [0.05, 0.1) is 17.8 Å². The molecule has 4 nitrogen and oxygen atoms in total. The molecule has 232 valence electrons. The van der Waals surface area contributed by atoms with Crippen LogP contribution in [0, 0.1) is 52.3 Å². The van der Waals surface area contributed by atoms with Crippen molar-refractivity contribution in [2.45, 2.75) is 125 Å². The van der Waals surface area contributed by atoms with Gasteiger partial charge in [0, 0.05) is 10.8 Å². The molecule has 0 spiro atoms. The lowest BCUT2D eigenvalue weighted by Gasteiger charge is -2.67. The first-order chi connectivity index (χ1) is 19.4. The molecule has 1 aromatic carbocycles. The van der Waals surface area contributed by atoms with Crippen molar-refractivity contribution >= 4 is 11.9 Å². The Bertz CT molecular complexity index is 1260. The van der Waals surface area contributed by atoms with Crippen LogP contribution in [0.25, 0.3) is 6.08 Å². The molecular formula is C38H56O4.